The van der Waals surface area contributed by atoms with Crippen molar-refractivity contribution in [2.75, 3.05) is 18.0 Å². The van der Waals surface area contributed by atoms with Gasteiger partial charge in [0.15, 0.2) is 5.65 Å². The molecule has 5 nitrogen and oxygen atoms in total. The smallest absolute Gasteiger partial charge is 0.282 e. The molecule has 78 valence electrons. The maximum absolute atomic E-state index is 12.6. The van der Waals surface area contributed by atoms with Crippen LogP contribution in [0.25, 0.3) is 5.65 Å². The van der Waals surface area contributed by atoms with Crippen LogP contribution >= 0.6 is 0 Å². The zero-order valence-electron chi connectivity index (χ0n) is 7.64. The van der Waals surface area contributed by atoms with Gasteiger partial charge in [0.05, 0.1) is 13.1 Å². The molecule has 15 heavy (non-hydrogen) atoms. The Bertz CT molecular complexity index is 500. The van der Waals surface area contributed by atoms with E-state index in [1.165, 1.54) is 15.7 Å². The summed E-state index contributed by atoms with van der Waals surface area (Å²) in [5, 5.41) is 11.5. The molecule has 0 radical (unpaired) electrons. The van der Waals surface area contributed by atoms with Crippen LogP contribution in [0.3, 0.4) is 0 Å². The van der Waals surface area contributed by atoms with Gasteiger partial charge in [-0.1, -0.05) is 0 Å². The number of aromatic nitrogens is 4. The minimum Gasteiger partial charge on any atom is -0.343 e. The third-order valence-corrected chi connectivity index (χ3v) is 2.32. The summed E-state index contributed by atoms with van der Waals surface area (Å²) in [6, 6.07) is 3.37. The molecule has 1 fully saturated rings. The summed E-state index contributed by atoms with van der Waals surface area (Å²) in [4.78, 5) is 1.51. The number of rotatable bonds is 1. The molecule has 7 heteroatoms. The summed E-state index contributed by atoms with van der Waals surface area (Å²) in [5.74, 6) is -2.06. The summed E-state index contributed by atoms with van der Waals surface area (Å²) in [5.41, 5.74) is 0.603. The quantitative estimate of drug-likeness (QED) is 0.692. The van der Waals surface area contributed by atoms with Crippen LogP contribution in [-0.2, 0) is 0 Å². The van der Waals surface area contributed by atoms with E-state index in [-0.39, 0.29) is 13.1 Å². The Kier molecular flexibility index (Phi) is 1.49. The molecule has 0 aromatic carbocycles. The minimum absolute atomic E-state index is 0.270. The van der Waals surface area contributed by atoms with Gasteiger partial charge < -0.3 is 4.90 Å². The molecule has 0 amide bonds. The van der Waals surface area contributed by atoms with Crippen LogP contribution in [-0.4, -0.2) is 38.8 Å². The van der Waals surface area contributed by atoms with E-state index in [4.69, 9.17) is 0 Å². The van der Waals surface area contributed by atoms with E-state index >= 15 is 0 Å². The van der Waals surface area contributed by atoms with Crippen molar-refractivity contribution in [3.05, 3.63) is 18.5 Å². The molecule has 0 bridgehead atoms. The second-order valence-electron chi connectivity index (χ2n) is 3.54. The van der Waals surface area contributed by atoms with Gasteiger partial charge in [-0.3, -0.25) is 0 Å². The molecule has 1 aliphatic rings. The average molecular weight is 211 g/mol. The molecule has 0 saturated carbocycles. The molecular weight excluding hydrogens is 204 g/mol. The number of hydrogen-bond donors (Lipinski definition) is 0. The third-order valence-electron chi connectivity index (χ3n) is 2.32. The first kappa shape index (κ1) is 8.51. The van der Waals surface area contributed by atoms with E-state index < -0.39 is 5.92 Å². The first-order valence-corrected chi connectivity index (χ1v) is 4.44. The van der Waals surface area contributed by atoms with Gasteiger partial charge in [-0.15, -0.1) is 15.3 Å². The predicted octanol–water partition coefficient (Wildman–Crippen LogP) is 0.580. The maximum atomic E-state index is 12.6. The van der Waals surface area contributed by atoms with Crippen LogP contribution in [0.4, 0.5) is 14.6 Å². The van der Waals surface area contributed by atoms with Crippen molar-refractivity contribution in [1.82, 2.24) is 19.8 Å². The second-order valence-corrected chi connectivity index (χ2v) is 3.54. The number of hydrogen-bond acceptors (Lipinski definition) is 4. The van der Waals surface area contributed by atoms with Crippen molar-refractivity contribution >= 4 is 11.5 Å². The Morgan fingerprint density at radius 1 is 1.27 bits per heavy atom. The number of alkyl halides is 2. The van der Waals surface area contributed by atoms with Crippen LogP contribution in [0.1, 0.15) is 0 Å². The molecule has 1 aliphatic heterocycles. The summed E-state index contributed by atoms with van der Waals surface area (Å²) >= 11 is 0. The fraction of sp³-hybridized carbons (Fsp3) is 0.375. The molecule has 0 spiro atoms. The Hall–Kier alpha value is -1.79. The van der Waals surface area contributed by atoms with E-state index in [1.54, 1.807) is 12.1 Å². The molecule has 2 aromatic heterocycles. The lowest BCUT2D eigenvalue weighted by molar-refractivity contribution is -0.0268. The van der Waals surface area contributed by atoms with Crippen molar-refractivity contribution in [3.8, 4) is 0 Å². The van der Waals surface area contributed by atoms with Gasteiger partial charge in [0, 0.05) is 0 Å². The van der Waals surface area contributed by atoms with E-state index in [0.29, 0.717) is 11.5 Å². The Morgan fingerprint density at radius 2 is 2.07 bits per heavy atom. The van der Waals surface area contributed by atoms with Gasteiger partial charge in [0.1, 0.15) is 12.1 Å². The number of nitrogens with zero attached hydrogens (tertiary/aromatic N) is 5. The monoisotopic (exact) mass is 211 g/mol. The minimum atomic E-state index is -2.58. The molecule has 0 aliphatic carbocycles. The second kappa shape index (κ2) is 2.62. The van der Waals surface area contributed by atoms with Crippen molar-refractivity contribution in [1.29, 1.82) is 0 Å². The van der Waals surface area contributed by atoms with Crippen molar-refractivity contribution in [2.24, 2.45) is 0 Å². The lowest BCUT2D eigenvalue weighted by atomic mass is 10.1. The van der Waals surface area contributed by atoms with E-state index in [9.17, 15) is 8.78 Å². The predicted molar refractivity (Wildman–Crippen MR) is 47.9 cm³/mol. The first-order chi connectivity index (χ1) is 7.14. The Morgan fingerprint density at radius 3 is 2.80 bits per heavy atom. The van der Waals surface area contributed by atoms with E-state index in [0.717, 1.165) is 0 Å². The van der Waals surface area contributed by atoms with Crippen LogP contribution in [0.2, 0.25) is 0 Å². The third kappa shape index (κ3) is 1.31. The number of fused-ring (bicyclic) bond motifs is 1. The topological polar surface area (TPSA) is 46.3 Å². The van der Waals surface area contributed by atoms with Gasteiger partial charge >= 0.3 is 0 Å². The largest absolute Gasteiger partial charge is 0.343 e. The van der Waals surface area contributed by atoms with Crippen LogP contribution < -0.4 is 4.90 Å². The normalized spacial score (nSPS) is 19.2. The SMILES string of the molecule is FC1(F)CN(c2ccc3nncn3n2)C1. The molecule has 1 saturated heterocycles. The van der Waals surface area contributed by atoms with Crippen LogP contribution in [0.15, 0.2) is 18.5 Å². The highest BCUT2D eigenvalue weighted by atomic mass is 19.3. The van der Waals surface area contributed by atoms with Gasteiger partial charge in [-0.25, -0.2) is 8.78 Å². The number of anilines is 1. The van der Waals surface area contributed by atoms with Crippen molar-refractivity contribution in [2.45, 2.75) is 5.92 Å². The standard InChI is InChI=1S/C8H7F2N5/c9-8(10)3-14(4-8)7-2-1-6-12-11-5-15(6)13-7/h1-2,5H,3-4H2. The molecule has 3 heterocycles. The maximum Gasteiger partial charge on any atom is 0.282 e. The first-order valence-electron chi connectivity index (χ1n) is 4.44. The summed E-state index contributed by atoms with van der Waals surface area (Å²) in [6.07, 6.45) is 1.44. The summed E-state index contributed by atoms with van der Waals surface area (Å²) in [6.45, 7) is -0.540. The number of halogens is 2. The van der Waals surface area contributed by atoms with Gasteiger partial charge in [-0.05, 0) is 12.1 Å². The van der Waals surface area contributed by atoms with Crippen molar-refractivity contribution < 1.29 is 8.78 Å². The zero-order valence-corrected chi connectivity index (χ0v) is 7.64. The van der Waals surface area contributed by atoms with Crippen LogP contribution in [0.5, 0.6) is 0 Å². The Balaban J connectivity index is 1.92. The average Bonchev–Trinajstić information content (AvgIpc) is 2.60. The highest BCUT2D eigenvalue weighted by Crippen LogP contribution is 2.30. The highest BCUT2D eigenvalue weighted by molar-refractivity contribution is 5.47. The molecule has 0 atom stereocenters. The van der Waals surface area contributed by atoms with Crippen LogP contribution in [0, 0.1) is 0 Å². The van der Waals surface area contributed by atoms with Gasteiger partial charge in [0.25, 0.3) is 5.92 Å². The Labute approximate surface area is 83.3 Å². The van der Waals surface area contributed by atoms with Gasteiger partial charge in [0.2, 0.25) is 0 Å². The zero-order chi connectivity index (χ0) is 10.5. The molecule has 3 rings (SSSR count). The van der Waals surface area contributed by atoms with Gasteiger partial charge in [-0.2, -0.15) is 4.52 Å². The lowest BCUT2D eigenvalue weighted by Crippen LogP contribution is -2.56. The van der Waals surface area contributed by atoms with E-state index in [2.05, 4.69) is 15.3 Å². The van der Waals surface area contributed by atoms with Crippen molar-refractivity contribution in [3.63, 3.8) is 0 Å². The fourth-order valence-electron chi connectivity index (χ4n) is 1.56. The lowest BCUT2D eigenvalue weighted by Gasteiger charge is -2.39. The molecule has 2 aromatic rings. The van der Waals surface area contributed by atoms with E-state index in [1.807, 2.05) is 0 Å². The fourth-order valence-corrected chi connectivity index (χ4v) is 1.56. The molecule has 0 unspecified atom stereocenters. The molecule has 0 N–H and O–H groups in total. The summed E-state index contributed by atoms with van der Waals surface area (Å²) < 4.78 is 26.7. The highest BCUT2D eigenvalue weighted by Gasteiger charge is 2.44. The summed E-state index contributed by atoms with van der Waals surface area (Å²) in [7, 11) is 0. The molecular formula is C8H7F2N5.